The largest absolute Gasteiger partial charge is 0.359 e. The summed E-state index contributed by atoms with van der Waals surface area (Å²) in [5.74, 6) is 2.68. The third-order valence-electron chi connectivity index (χ3n) is 4.51. The number of aromatic nitrogens is 1. The lowest BCUT2D eigenvalue weighted by molar-refractivity contribution is 0.379. The second-order valence-electron chi connectivity index (χ2n) is 6.41. The zero-order chi connectivity index (χ0) is 16.3. The molecule has 1 aromatic heterocycles. The molecule has 1 aromatic rings. The highest BCUT2D eigenvalue weighted by molar-refractivity contribution is 5.79. The summed E-state index contributed by atoms with van der Waals surface area (Å²) in [5, 5.41) is 10.7. The number of aryl methyl sites for hydroxylation is 1. The first-order valence-corrected chi connectivity index (χ1v) is 9.28. The van der Waals surface area contributed by atoms with Crippen molar-refractivity contribution in [3.63, 3.8) is 0 Å². The van der Waals surface area contributed by atoms with Gasteiger partial charge in [0, 0.05) is 19.2 Å². The number of nitrogens with one attached hydrogen (secondary N) is 2. The maximum Gasteiger partial charge on any atom is 0.191 e. The molecule has 0 amide bonds. The van der Waals surface area contributed by atoms with E-state index in [9.17, 15) is 0 Å². The lowest BCUT2D eigenvalue weighted by atomic mass is 10.0. The van der Waals surface area contributed by atoms with Gasteiger partial charge in [-0.3, -0.25) is 0 Å². The van der Waals surface area contributed by atoms with Gasteiger partial charge >= 0.3 is 0 Å². The van der Waals surface area contributed by atoms with Crippen molar-refractivity contribution in [1.82, 2.24) is 15.8 Å². The van der Waals surface area contributed by atoms with Gasteiger partial charge in [-0.2, -0.15) is 0 Å². The summed E-state index contributed by atoms with van der Waals surface area (Å²) < 4.78 is 5.27. The van der Waals surface area contributed by atoms with E-state index < -0.39 is 0 Å². The number of unbranched alkanes of at least 4 members (excludes halogenated alkanes) is 1. The molecular formula is C18H32N4O. The molecule has 2 rings (SSSR count). The smallest absolute Gasteiger partial charge is 0.191 e. The highest BCUT2D eigenvalue weighted by atomic mass is 16.5. The molecule has 5 heteroatoms. The Balaban J connectivity index is 1.66. The molecule has 23 heavy (non-hydrogen) atoms. The molecule has 1 heterocycles. The van der Waals surface area contributed by atoms with Crippen LogP contribution in [0.3, 0.4) is 0 Å². The number of guanidine groups is 1. The highest BCUT2D eigenvalue weighted by Gasteiger charge is 2.13. The van der Waals surface area contributed by atoms with Crippen molar-refractivity contribution in [3.8, 4) is 0 Å². The minimum absolute atomic E-state index is 0.532. The normalized spacial score (nSPS) is 16.0. The zero-order valence-corrected chi connectivity index (χ0v) is 14.7. The van der Waals surface area contributed by atoms with Gasteiger partial charge in [-0.15, -0.1) is 0 Å². The number of hydrogen-bond donors (Lipinski definition) is 2. The molecule has 130 valence electrons. The predicted molar refractivity (Wildman–Crippen MR) is 94.5 cm³/mol. The van der Waals surface area contributed by atoms with Crippen LogP contribution in [0.15, 0.2) is 15.6 Å². The topological polar surface area (TPSA) is 62.5 Å². The summed E-state index contributed by atoms with van der Waals surface area (Å²) in [6, 6.07) is 1.98. The fraction of sp³-hybridized carbons (Fsp3) is 0.778. The second-order valence-corrected chi connectivity index (χ2v) is 6.41. The summed E-state index contributed by atoms with van der Waals surface area (Å²) in [6.07, 6.45) is 10.6. The Bertz CT molecular complexity index is 463. The number of aliphatic imine (C=N–C) groups is 1. The van der Waals surface area contributed by atoms with Crippen molar-refractivity contribution in [2.75, 3.05) is 13.1 Å². The summed E-state index contributed by atoms with van der Waals surface area (Å²) in [7, 11) is 0. The van der Waals surface area contributed by atoms with Gasteiger partial charge in [-0.05, 0) is 25.7 Å². The van der Waals surface area contributed by atoms with E-state index in [0.29, 0.717) is 6.54 Å². The Morgan fingerprint density at radius 2 is 2.09 bits per heavy atom. The van der Waals surface area contributed by atoms with Gasteiger partial charge in [-0.1, -0.05) is 50.6 Å². The van der Waals surface area contributed by atoms with E-state index in [1.165, 1.54) is 44.9 Å². The maximum absolute atomic E-state index is 5.27. The summed E-state index contributed by atoms with van der Waals surface area (Å²) in [4.78, 5) is 4.57. The number of rotatable bonds is 9. The summed E-state index contributed by atoms with van der Waals surface area (Å²) in [5.41, 5.74) is 0.986. The first-order valence-electron chi connectivity index (χ1n) is 9.28. The molecule has 0 atom stereocenters. The van der Waals surface area contributed by atoms with E-state index in [2.05, 4.69) is 34.6 Å². The number of nitrogens with zero attached hydrogens (tertiary/aromatic N) is 2. The first-order chi connectivity index (χ1) is 11.3. The Kier molecular flexibility index (Phi) is 7.98. The molecule has 5 nitrogen and oxygen atoms in total. The minimum Gasteiger partial charge on any atom is -0.359 e. The van der Waals surface area contributed by atoms with E-state index in [1.807, 2.05) is 6.07 Å². The van der Waals surface area contributed by atoms with Crippen LogP contribution < -0.4 is 10.6 Å². The Labute approximate surface area is 140 Å². The van der Waals surface area contributed by atoms with Gasteiger partial charge in [0.2, 0.25) is 0 Å². The van der Waals surface area contributed by atoms with Gasteiger partial charge in [0.05, 0.1) is 5.69 Å². The standard InChI is InChI=1S/C18H32N4O/c1-3-16-13-17(23-22-16)14-21-18(19-4-2)20-12-8-7-11-15-9-5-6-10-15/h13,15H,3-12,14H2,1-2H3,(H2,19,20,21). The molecule has 1 aliphatic carbocycles. The van der Waals surface area contributed by atoms with Crippen molar-refractivity contribution in [2.24, 2.45) is 10.9 Å². The van der Waals surface area contributed by atoms with Crippen LogP contribution in [0.1, 0.15) is 70.2 Å². The van der Waals surface area contributed by atoms with Crippen LogP contribution in [-0.2, 0) is 13.0 Å². The van der Waals surface area contributed by atoms with Gasteiger partial charge in [0.25, 0.3) is 0 Å². The SMILES string of the molecule is CCNC(=NCc1cc(CC)no1)NCCCCC1CCCC1. The van der Waals surface area contributed by atoms with E-state index >= 15 is 0 Å². The van der Waals surface area contributed by atoms with Crippen LogP contribution in [0, 0.1) is 5.92 Å². The van der Waals surface area contributed by atoms with Crippen molar-refractivity contribution in [2.45, 2.75) is 71.8 Å². The molecule has 0 radical (unpaired) electrons. The van der Waals surface area contributed by atoms with Crippen molar-refractivity contribution in [1.29, 1.82) is 0 Å². The number of hydrogen-bond acceptors (Lipinski definition) is 3. The molecule has 0 spiro atoms. The Hall–Kier alpha value is -1.52. The molecular weight excluding hydrogens is 288 g/mol. The highest BCUT2D eigenvalue weighted by Crippen LogP contribution is 2.28. The van der Waals surface area contributed by atoms with Crippen molar-refractivity contribution < 1.29 is 4.52 Å². The van der Waals surface area contributed by atoms with Gasteiger partial charge in [-0.25, -0.2) is 4.99 Å². The molecule has 0 aromatic carbocycles. The van der Waals surface area contributed by atoms with E-state index in [1.54, 1.807) is 0 Å². The first kappa shape index (κ1) is 17.8. The third kappa shape index (κ3) is 6.63. The molecule has 2 N–H and O–H groups in total. The average Bonchev–Trinajstić information content (AvgIpc) is 3.23. The molecule has 0 unspecified atom stereocenters. The second kappa shape index (κ2) is 10.3. The van der Waals surface area contributed by atoms with Crippen LogP contribution in [-0.4, -0.2) is 24.2 Å². The lowest BCUT2D eigenvalue weighted by Crippen LogP contribution is -2.37. The fourth-order valence-electron chi connectivity index (χ4n) is 3.16. The zero-order valence-electron chi connectivity index (χ0n) is 14.7. The monoisotopic (exact) mass is 320 g/mol. The third-order valence-corrected chi connectivity index (χ3v) is 4.51. The van der Waals surface area contributed by atoms with Crippen LogP contribution in [0.4, 0.5) is 0 Å². The van der Waals surface area contributed by atoms with Crippen molar-refractivity contribution in [3.05, 3.63) is 17.5 Å². The molecule has 0 bridgehead atoms. The van der Waals surface area contributed by atoms with Crippen LogP contribution in [0.5, 0.6) is 0 Å². The fourth-order valence-corrected chi connectivity index (χ4v) is 3.16. The molecule has 1 fully saturated rings. The molecule has 1 aliphatic rings. The Morgan fingerprint density at radius 1 is 1.26 bits per heavy atom. The maximum atomic E-state index is 5.27. The quantitative estimate of drug-likeness (QED) is 0.414. The summed E-state index contributed by atoms with van der Waals surface area (Å²) in [6.45, 7) is 6.53. The van der Waals surface area contributed by atoms with Gasteiger partial charge in [0.1, 0.15) is 6.54 Å². The minimum atomic E-state index is 0.532. The molecule has 1 saturated carbocycles. The average molecular weight is 320 g/mol. The van der Waals surface area contributed by atoms with E-state index in [-0.39, 0.29) is 0 Å². The lowest BCUT2D eigenvalue weighted by Gasteiger charge is -2.12. The van der Waals surface area contributed by atoms with E-state index in [0.717, 1.165) is 42.8 Å². The van der Waals surface area contributed by atoms with Crippen LogP contribution in [0.25, 0.3) is 0 Å². The van der Waals surface area contributed by atoms with Crippen LogP contribution in [0.2, 0.25) is 0 Å². The van der Waals surface area contributed by atoms with Gasteiger partial charge in [0.15, 0.2) is 11.7 Å². The predicted octanol–water partition coefficient (Wildman–Crippen LogP) is 3.65. The molecule has 0 saturated heterocycles. The summed E-state index contributed by atoms with van der Waals surface area (Å²) >= 11 is 0. The Morgan fingerprint density at radius 3 is 2.78 bits per heavy atom. The molecule has 0 aliphatic heterocycles. The van der Waals surface area contributed by atoms with Gasteiger partial charge < -0.3 is 15.2 Å². The van der Waals surface area contributed by atoms with Crippen molar-refractivity contribution >= 4 is 5.96 Å². The van der Waals surface area contributed by atoms with E-state index in [4.69, 9.17) is 4.52 Å². The van der Waals surface area contributed by atoms with Crippen LogP contribution >= 0.6 is 0 Å².